The van der Waals surface area contributed by atoms with Gasteiger partial charge in [0.2, 0.25) is 0 Å². The van der Waals surface area contributed by atoms with Crippen LogP contribution >= 0.6 is 0 Å². The molecule has 31 heavy (non-hydrogen) atoms. The molecule has 7 heteroatoms. The van der Waals surface area contributed by atoms with Crippen LogP contribution in [0, 0.1) is 5.82 Å². The van der Waals surface area contributed by atoms with Crippen LogP contribution in [-0.4, -0.2) is 32.7 Å². The number of nitrogens with zero attached hydrogens (tertiary/aromatic N) is 4. The van der Waals surface area contributed by atoms with Gasteiger partial charge in [-0.05, 0) is 48.1 Å². The van der Waals surface area contributed by atoms with Gasteiger partial charge in [0.25, 0.3) is 0 Å². The van der Waals surface area contributed by atoms with Crippen molar-refractivity contribution in [3.63, 3.8) is 0 Å². The predicted molar refractivity (Wildman–Crippen MR) is 118 cm³/mol. The SMILES string of the molecule is COc1ccc2c(c1)C[C@H](Nc1cc(-c3cncc(F)c3)nc3c(C(C)C)cnn13)C2. The molecule has 0 spiro atoms. The number of rotatable bonds is 5. The van der Waals surface area contributed by atoms with Crippen LogP contribution in [0.3, 0.4) is 0 Å². The Morgan fingerprint density at radius 3 is 2.71 bits per heavy atom. The van der Waals surface area contributed by atoms with Crippen molar-refractivity contribution in [2.45, 2.75) is 38.6 Å². The first-order valence-electron chi connectivity index (χ1n) is 10.4. The number of hydrogen-bond donors (Lipinski definition) is 1. The molecular formula is C24H24FN5O. The molecule has 0 bridgehead atoms. The number of pyridine rings is 1. The third kappa shape index (κ3) is 3.60. The summed E-state index contributed by atoms with van der Waals surface area (Å²) in [6.07, 6.45) is 6.50. The highest BCUT2D eigenvalue weighted by Crippen LogP contribution is 2.31. The van der Waals surface area contributed by atoms with Gasteiger partial charge >= 0.3 is 0 Å². The van der Waals surface area contributed by atoms with Crippen molar-refractivity contribution in [3.8, 4) is 17.0 Å². The summed E-state index contributed by atoms with van der Waals surface area (Å²) in [7, 11) is 1.69. The fourth-order valence-electron chi connectivity index (χ4n) is 4.22. The van der Waals surface area contributed by atoms with E-state index < -0.39 is 0 Å². The topological polar surface area (TPSA) is 64.3 Å². The Morgan fingerprint density at radius 1 is 1.10 bits per heavy atom. The summed E-state index contributed by atoms with van der Waals surface area (Å²) in [5.41, 5.74) is 5.74. The fraction of sp³-hybridized carbons (Fsp3) is 0.292. The van der Waals surface area contributed by atoms with Crippen molar-refractivity contribution < 1.29 is 9.13 Å². The second-order valence-electron chi connectivity index (χ2n) is 8.29. The van der Waals surface area contributed by atoms with E-state index >= 15 is 0 Å². The monoisotopic (exact) mass is 417 g/mol. The van der Waals surface area contributed by atoms with Crippen molar-refractivity contribution in [2.24, 2.45) is 0 Å². The molecule has 6 nitrogen and oxygen atoms in total. The molecule has 1 aromatic carbocycles. The molecule has 3 aromatic heterocycles. The molecule has 1 atom stereocenters. The Bertz CT molecular complexity index is 1270. The molecule has 1 aliphatic rings. The van der Waals surface area contributed by atoms with Crippen LogP contribution < -0.4 is 10.1 Å². The summed E-state index contributed by atoms with van der Waals surface area (Å²) in [4.78, 5) is 8.79. The number of benzene rings is 1. The highest BCUT2D eigenvalue weighted by molar-refractivity contribution is 5.68. The Hall–Kier alpha value is -3.48. The number of fused-ring (bicyclic) bond motifs is 2. The molecule has 0 radical (unpaired) electrons. The minimum absolute atomic E-state index is 0.220. The average Bonchev–Trinajstić information content (AvgIpc) is 3.36. The van der Waals surface area contributed by atoms with Gasteiger partial charge in [0.15, 0.2) is 5.65 Å². The van der Waals surface area contributed by atoms with E-state index in [4.69, 9.17) is 9.72 Å². The van der Waals surface area contributed by atoms with Gasteiger partial charge in [-0.1, -0.05) is 19.9 Å². The maximum Gasteiger partial charge on any atom is 0.161 e. The fourth-order valence-corrected chi connectivity index (χ4v) is 4.22. The van der Waals surface area contributed by atoms with Gasteiger partial charge in [-0.15, -0.1) is 0 Å². The van der Waals surface area contributed by atoms with Crippen LogP contribution in [0.2, 0.25) is 0 Å². The standard InChI is InChI=1S/C24H24FN5O/c1-14(2)21-13-27-30-23(10-22(29-24(21)30)17-6-18(25)12-26-11-17)28-19-7-15-4-5-20(31-3)9-16(15)8-19/h4-6,9-14,19,28H,7-8H2,1-3H3/t19-/m1/s1. The van der Waals surface area contributed by atoms with Crippen LogP contribution in [0.4, 0.5) is 10.2 Å². The number of aromatic nitrogens is 4. The third-order valence-electron chi connectivity index (χ3n) is 5.82. The molecule has 0 amide bonds. The van der Waals surface area contributed by atoms with Gasteiger partial charge in [0.05, 0.1) is 25.2 Å². The Labute approximate surface area is 180 Å². The number of ether oxygens (including phenoxy) is 1. The second-order valence-corrected chi connectivity index (χ2v) is 8.29. The maximum atomic E-state index is 13.8. The van der Waals surface area contributed by atoms with E-state index in [1.807, 2.05) is 22.8 Å². The molecule has 0 saturated heterocycles. The van der Waals surface area contributed by atoms with Crippen molar-refractivity contribution in [1.82, 2.24) is 19.6 Å². The summed E-state index contributed by atoms with van der Waals surface area (Å²) in [5.74, 6) is 1.59. The van der Waals surface area contributed by atoms with Gasteiger partial charge < -0.3 is 10.1 Å². The van der Waals surface area contributed by atoms with Gasteiger partial charge in [-0.25, -0.2) is 9.37 Å². The lowest BCUT2D eigenvalue weighted by Crippen LogP contribution is -2.21. The van der Waals surface area contributed by atoms with Crippen molar-refractivity contribution in [3.05, 3.63) is 71.4 Å². The van der Waals surface area contributed by atoms with Crippen LogP contribution in [0.5, 0.6) is 5.75 Å². The highest BCUT2D eigenvalue weighted by atomic mass is 19.1. The maximum absolute atomic E-state index is 13.8. The molecule has 1 aliphatic carbocycles. The lowest BCUT2D eigenvalue weighted by Gasteiger charge is -2.16. The second kappa shape index (κ2) is 7.65. The Morgan fingerprint density at radius 2 is 1.94 bits per heavy atom. The van der Waals surface area contributed by atoms with Gasteiger partial charge in [0.1, 0.15) is 17.4 Å². The van der Waals surface area contributed by atoms with E-state index in [-0.39, 0.29) is 17.8 Å². The van der Waals surface area contributed by atoms with Gasteiger partial charge in [0, 0.05) is 29.4 Å². The highest BCUT2D eigenvalue weighted by Gasteiger charge is 2.24. The molecule has 0 saturated carbocycles. The number of hydrogen-bond acceptors (Lipinski definition) is 5. The first kappa shape index (κ1) is 19.5. The number of anilines is 1. The van der Waals surface area contributed by atoms with Crippen LogP contribution in [0.25, 0.3) is 16.9 Å². The molecule has 5 rings (SSSR count). The lowest BCUT2D eigenvalue weighted by atomic mass is 10.1. The van der Waals surface area contributed by atoms with E-state index in [1.165, 1.54) is 23.4 Å². The van der Waals surface area contributed by atoms with Crippen molar-refractivity contribution >= 4 is 11.5 Å². The van der Waals surface area contributed by atoms with Crippen molar-refractivity contribution in [2.75, 3.05) is 12.4 Å². The van der Waals surface area contributed by atoms with Crippen LogP contribution in [0.15, 0.2) is 48.9 Å². The quantitative estimate of drug-likeness (QED) is 0.512. The van der Waals surface area contributed by atoms with E-state index in [1.54, 1.807) is 13.3 Å². The Balaban J connectivity index is 1.54. The van der Waals surface area contributed by atoms with E-state index in [9.17, 15) is 4.39 Å². The number of methoxy groups -OCH3 is 1. The number of nitrogens with one attached hydrogen (secondary N) is 1. The van der Waals surface area contributed by atoms with E-state index in [2.05, 4.69) is 41.4 Å². The first-order valence-corrected chi connectivity index (χ1v) is 10.4. The first-order chi connectivity index (χ1) is 15.0. The predicted octanol–water partition coefficient (Wildman–Crippen LogP) is 4.64. The van der Waals surface area contributed by atoms with E-state index in [0.29, 0.717) is 11.3 Å². The number of halogens is 1. The zero-order valence-corrected chi connectivity index (χ0v) is 17.8. The van der Waals surface area contributed by atoms with Gasteiger partial charge in [-0.2, -0.15) is 9.61 Å². The minimum atomic E-state index is -0.383. The molecule has 1 N–H and O–H groups in total. The molecule has 3 heterocycles. The van der Waals surface area contributed by atoms with Crippen LogP contribution in [0.1, 0.15) is 36.5 Å². The zero-order chi connectivity index (χ0) is 21.5. The van der Waals surface area contributed by atoms with Crippen molar-refractivity contribution in [1.29, 1.82) is 0 Å². The Kier molecular flexibility index (Phi) is 4.81. The summed E-state index contributed by atoms with van der Waals surface area (Å²) >= 11 is 0. The summed E-state index contributed by atoms with van der Waals surface area (Å²) in [5, 5.41) is 8.24. The molecule has 4 aromatic rings. The molecule has 0 unspecified atom stereocenters. The average molecular weight is 417 g/mol. The molecule has 0 fully saturated rings. The normalized spacial score (nSPS) is 15.5. The summed E-state index contributed by atoms with van der Waals surface area (Å²) in [6, 6.07) is 9.84. The summed E-state index contributed by atoms with van der Waals surface area (Å²) in [6.45, 7) is 4.23. The van der Waals surface area contributed by atoms with E-state index in [0.717, 1.165) is 35.6 Å². The zero-order valence-electron chi connectivity index (χ0n) is 17.8. The molecule has 158 valence electrons. The van der Waals surface area contributed by atoms with Gasteiger partial charge in [-0.3, -0.25) is 4.98 Å². The molecular weight excluding hydrogens is 393 g/mol. The minimum Gasteiger partial charge on any atom is -0.497 e. The third-order valence-corrected chi connectivity index (χ3v) is 5.82. The molecule has 0 aliphatic heterocycles. The summed E-state index contributed by atoms with van der Waals surface area (Å²) < 4.78 is 21.0. The largest absolute Gasteiger partial charge is 0.497 e. The smallest absolute Gasteiger partial charge is 0.161 e. The van der Waals surface area contributed by atoms with Crippen LogP contribution in [-0.2, 0) is 12.8 Å². The lowest BCUT2D eigenvalue weighted by molar-refractivity contribution is 0.414.